The molecule has 0 heterocycles. The van der Waals surface area contributed by atoms with E-state index in [1.165, 1.54) is 13.3 Å². The first-order chi connectivity index (χ1) is 18.1. The molecule has 3 aromatic carbocycles. The van der Waals surface area contributed by atoms with Crippen molar-refractivity contribution in [3.63, 3.8) is 0 Å². The third-order valence-electron chi connectivity index (χ3n) is 5.37. The highest BCUT2D eigenvalue weighted by Gasteiger charge is 2.24. The minimum absolute atomic E-state index is 0.179. The van der Waals surface area contributed by atoms with Gasteiger partial charge in [-0.05, 0) is 75.9 Å². The molecule has 3 rings (SSSR count). The molecule has 0 saturated heterocycles. The maximum absolute atomic E-state index is 12.8. The predicted octanol–water partition coefficient (Wildman–Crippen LogP) is 6.90. The molecule has 0 aromatic heterocycles. The van der Waals surface area contributed by atoms with Crippen LogP contribution in [0.2, 0.25) is 15.1 Å². The minimum atomic E-state index is -0.799. The summed E-state index contributed by atoms with van der Waals surface area (Å²) in [5.74, 6) is -0.0914. The van der Waals surface area contributed by atoms with Gasteiger partial charge in [0.1, 0.15) is 12.6 Å². The van der Waals surface area contributed by atoms with Crippen molar-refractivity contribution in [2.24, 2.45) is 11.0 Å². The van der Waals surface area contributed by atoms with Gasteiger partial charge in [0.25, 0.3) is 11.8 Å². The average molecular weight is 642 g/mol. The fraction of sp³-hybridized carbons (Fsp3) is 0.222. The molecule has 0 bridgehead atoms. The first-order valence-electron chi connectivity index (χ1n) is 11.4. The standard InChI is InChI=1S/C27H25BrCl3N3O4/c1-15(2)24(33-26(35)17-4-7-19(29)8-5-17)27(36)34-32-13-16-10-21(28)25(23(11-16)37-3)38-14-18-6-9-20(30)12-22(18)31/h4-13,15,24H,14H2,1-3H3,(H,33,35)(H,34,36). The fourth-order valence-electron chi connectivity index (χ4n) is 3.34. The third-order valence-corrected chi connectivity index (χ3v) is 6.80. The van der Waals surface area contributed by atoms with Crippen molar-refractivity contribution in [1.29, 1.82) is 0 Å². The van der Waals surface area contributed by atoms with E-state index < -0.39 is 11.9 Å². The zero-order valence-electron chi connectivity index (χ0n) is 20.7. The van der Waals surface area contributed by atoms with Crippen molar-refractivity contribution in [1.82, 2.24) is 10.7 Å². The summed E-state index contributed by atoms with van der Waals surface area (Å²) in [6.07, 6.45) is 1.46. The zero-order chi connectivity index (χ0) is 27.8. The van der Waals surface area contributed by atoms with Crippen LogP contribution >= 0.6 is 50.7 Å². The first-order valence-corrected chi connectivity index (χ1v) is 13.3. The Labute approximate surface area is 244 Å². The van der Waals surface area contributed by atoms with E-state index in [1.807, 2.05) is 13.8 Å². The molecule has 0 radical (unpaired) electrons. The number of ether oxygens (including phenoxy) is 2. The largest absolute Gasteiger partial charge is 0.493 e. The second-order valence-electron chi connectivity index (χ2n) is 8.49. The van der Waals surface area contributed by atoms with Crippen molar-refractivity contribution in [2.45, 2.75) is 26.5 Å². The molecule has 200 valence electrons. The second-order valence-corrected chi connectivity index (χ2v) is 10.6. The molecule has 1 atom stereocenters. The lowest BCUT2D eigenvalue weighted by atomic mass is 10.0. The molecule has 0 aliphatic carbocycles. The Morgan fingerprint density at radius 2 is 1.71 bits per heavy atom. The van der Waals surface area contributed by atoms with Gasteiger partial charge < -0.3 is 14.8 Å². The summed E-state index contributed by atoms with van der Waals surface area (Å²) in [5, 5.41) is 8.35. The van der Waals surface area contributed by atoms with Gasteiger partial charge in [-0.2, -0.15) is 5.10 Å². The molecular weight excluding hydrogens is 617 g/mol. The van der Waals surface area contributed by atoms with Crippen LogP contribution in [0.25, 0.3) is 0 Å². The summed E-state index contributed by atoms with van der Waals surface area (Å²) in [7, 11) is 1.52. The van der Waals surface area contributed by atoms with Crippen LogP contribution in [-0.4, -0.2) is 31.2 Å². The quantitative estimate of drug-likeness (QED) is 0.186. The SMILES string of the molecule is COc1cc(C=NNC(=O)C(NC(=O)c2ccc(Cl)cc2)C(C)C)cc(Br)c1OCc1ccc(Cl)cc1Cl. The number of methoxy groups -OCH3 is 1. The van der Waals surface area contributed by atoms with Gasteiger partial charge in [-0.15, -0.1) is 0 Å². The average Bonchev–Trinajstić information content (AvgIpc) is 2.87. The van der Waals surface area contributed by atoms with E-state index in [4.69, 9.17) is 44.3 Å². The number of hydrogen-bond acceptors (Lipinski definition) is 5. The van der Waals surface area contributed by atoms with E-state index >= 15 is 0 Å². The van der Waals surface area contributed by atoms with E-state index in [1.54, 1.807) is 54.6 Å². The number of nitrogens with one attached hydrogen (secondary N) is 2. The van der Waals surface area contributed by atoms with Crippen LogP contribution < -0.4 is 20.2 Å². The minimum Gasteiger partial charge on any atom is -0.493 e. The molecule has 0 aliphatic rings. The van der Waals surface area contributed by atoms with Gasteiger partial charge in [0.05, 0.1) is 17.8 Å². The van der Waals surface area contributed by atoms with Crippen LogP contribution in [0.15, 0.2) is 64.2 Å². The van der Waals surface area contributed by atoms with Crippen LogP contribution in [0.5, 0.6) is 11.5 Å². The molecule has 11 heteroatoms. The van der Waals surface area contributed by atoms with Crippen LogP contribution in [0.4, 0.5) is 0 Å². The van der Waals surface area contributed by atoms with Gasteiger partial charge in [-0.3, -0.25) is 9.59 Å². The van der Waals surface area contributed by atoms with Gasteiger partial charge >= 0.3 is 0 Å². The van der Waals surface area contributed by atoms with Crippen molar-refractivity contribution in [3.8, 4) is 11.5 Å². The normalized spacial score (nSPS) is 11.9. The number of carbonyl (C=O) groups is 2. The van der Waals surface area contributed by atoms with E-state index in [9.17, 15) is 9.59 Å². The highest BCUT2D eigenvalue weighted by atomic mass is 79.9. The Hall–Kier alpha value is -2.78. The van der Waals surface area contributed by atoms with Crippen LogP contribution in [0.1, 0.15) is 35.3 Å². The van der Waals surface area contributed by atoms with Gasteiger partial charge in [-0.1, -0.05) is 54.7 Å². The maximum Gasteiger partial charge on any atom is 0.262 e. The molecule has 2 N–H and O–H groups in total. The Morgan fingerprint density at radius 1 is 1.03 bits per heavy atom. The summed E-state index contributed by atoms with van der Waals surface area (Å²) in [4.78, 5) is 25.3. The lowest BCUT2D eigenvalue weighted by molar-refractivity contribution is -0.123. The Bertz CT molecular complexity index is 1330. The molecule has 2 amide bonds. The number of benzene rings is 3. The highest BCUT2D eigenvalue weighted by Crippen LogP contribution is 2.37. The number of carbonyl (C=O) groups excluding carboxylic acids is 2. The lowest BCUT2D eigenvalue weighted by Gasteiger charge is -2.20. The maximum atomic E-state index is 12.8. The van der Waals surface area contributed by atoms with Crippen LogP contribution in [0.3, 0.4) is 0 Å². The smallest absolute Gasteiger partial charge is 0.262 e. The summed E-state index contributed by atoms with van der Waals surface area (Å²) < 4.78 is 12.0. The molecule has 1 unspecified atom stereocenters. The summed E-state index contributed by atoms with van der Waals surface area (Å²) >= 11 is 21.6. The van der Waals surface area contributed by atoms with Crippen LogP contribution in [-0.2, 0) is 11.4 Å². The topological polar surface area (TPSA) is 89.0 Å². The fourth-order valence-corrected chi connectivity index (χ4v) is 4.51. The number of rotatable bonds is 10. The molecule has 0 spiro atoms. The van der Waals surface area contributed by atoms with Gasteiger partial charge in [0.15, 0.2) is 11.5 Å². The van der Waals surface area contributed by atoms with E-state index in [-0.39, 0.29) is 18.4 Å². The highest BCUT2D eigenvalue weighted by molar-refractivity contribution is 9.10. The zero-order valence-corrected chi connectivity index (χ0v) is 24.6. The number of hydrogen-bond donors (Lipinski definition) is 2. The molecular formula is C27H25BrCl3N3O4. The van der Waals surface area contributed by atoms with Crippen molar-refractivity contribution >= 4 is 68.8 Å². The molecule has 0 aliphatic heterocycles. The number of nitrogens with zero attached hydrogens (tertiary/aromatic N) is 1. The van der Waals surface area contributed by atoms with E-state index in [0.717, 1.165) is 5.56 Å². The van der Waals surface area contributed by atoms with Crippen molar-refractivity contribution in [3.05, 3.63) is 90.8 Å². The molecule has 0 saturated carbocycles. The molecule has 7 nitrogen and oxygen atoms in total. The van der Waals surface area contributed by atoms with Crippen molar-refractivity contribution in [2.75, 3.05) is 7.11 Å². The molecule has 38 heavy (non-hydrogen) atoms. The number of hydrazone groups is 1. The van der Waals surface area contributed by atoms with Gasteiger partial charge in [0.2, 0.25) is 0 Å². The monoisotopic (exact) mass is 639 g/mol. The summed E-state index contributed by atoms with van der Waals surface area (Å²) in [6, 6.07) is 14.3. The Balaban J connectivity index is 1.66. The Kier molecular flexibility index (Phi) is 10.8. The van der Waals surface area contributed by atoms with Gasteiger partial charge in [0, 0.05) is 26.2 Å². The van der Waals surface area contributed by atoms with Gasteiger partial charge in [-0.25, -0.2) is 5.43 Å². The summed E-state index contributed by atoms with van der Waals surface area (Å²) in [5.41, 5.74) is 4.29. The number of amides is 2. The number of halogens is 4. The lowest BCUT2D eigenvalue weighted by Crippen LogP contribution is -2.48. The van der Waals surface area contributed by atoms with Crippen molar-refractivity contribution < 1.29 is 19.1 Å². The Morgan fingerprint density at radius 3 is 2.34 bits per heavy atom. The van der Waals surface area contributed by atoms with E-state index in [0.29, 0.717) is 42.2 Å². The van der Waals surface area contributed by atoms with Crippen LogP contribution in [0, 0.1) is 5.92 Å². The molecule has 3 aromatic rings. The first kappa shape index (κ1) is 29.8. The summed E-state index contributed by atoms with van der Waals surface area (Å²) in [6.45, 7) is 3.86. The predicted molar refractivity (Wildman–Crippen MR) is 155 cm³/mol. The third kappa shape index (κ3) is 8.11. The molecule has 0 fully saturated rings. The second kappa shape index (κ2) is 13.8. The van der Waals surface area contributed by atoms with E-state index in [2.05, 4.69) is 31.8 Å².